The zero-order valence-electron chi connectivity index (χ0n) is 20.4. The molecule has 1 aliphatic heterocycles. The minimum atomic E-state index is -0.218. The Morgan fingerprint density at radius 2 is 1.56 bits per heavy atom. The van der Waals surface area contributed by atoms with E-state index in [0.717, 1.165) is 24.3 Å². The van der Waals surface area contributed by atoms with Crippen molar-refractivity contribution >= 4 is 22.7 Å². The van der Waals surface area contributed by atoms with E-state index in [2.05, 4.69) is 60.2 Å². The molecule has 3 heterocycles. The number of rotatable bonds is 6. The van der Waals surface area contributed by atoms with E-state index in [-0.39, 0.29) is 18.4 Å². The van der Waals surface area contributed by atoms with Crippen LogP contribution in [-0.2, 0) is 19.6 Å². The Morgan fingerprint density at radius 1 is 0.882 bits per heavy atom. The van der Waals surface area contributed by atoms with Gasteiger partial charge in [0.15, 0.2) is 0 Å². The van der Waals surface area contributed by atoms with Crippen LogP contribution in [0.15, 0.2) is 48.5 Å². The molecular formula is C28H30N4O2. The van der Waals surface area contributed by atoms with Crippen molar-refractivity contribution in [2.24, 2.45) is 5.92 Å². The molecule has 6 nitrogen and oxygen atoms in total. The molecule has 0 radical (unpaired) electrons. The van der Waals surface area contributed by atoms with Crippen LogP contribution in [0.1, 0.15) is 55.8 Å². The zero-order valence-corrected chi connectivity index (χ0v) is 20.4. The second-order valence-corrected chi connectivity index (χ2v) is 9.63. The van der Waals surface area contributed by atoms with Gasteiger partial charge in [0.25, 0.3) is 11.8 Å². The maximum absolute atomic E-state index is 12.8. The van der Waals surface area contributed by atoms with Gasteiger partial charge in [-0.1, -0.05) is 25.1 Å². The molecule has 0 spiro atoms. The number of hydrogen-bond donors (Lipinski definition) is 0. The van der Waals surface area contributed by atoms with Crippen LogP contribution in [0.25, 0.3) is 10.9 Å². The van der Waals surface area contributed by atoms with E-state index in [4.69, 9.17) is 0 Å². The van der Waals surface area contributed by atoms with Crippen LogP contribution in [0.3, 0.4) is 0 Å². The maximum Gasteiger partial charge on any atom is 0.261 e. The van der Waals surface area contributed by atoms with Crippen molar-refractivity contribution in [1.82, 2.24) is 19.2 Å². The van der Waals surface area contributed by atoms with Gasteiger partial charge in [0.1, 0.15) is 0 Å². The number of nitrogens with zero attached hydrogens (tertiary/aromatic N) is 4. The number of benzene rings is 2. The molecule has 0 N–H and O–H groups in total. The second kappa shape index (κ2) is 8.28. The number of aryl methyl sites for hydroxylation is 3. The molecule has 34 heavy (non-hydrogen) atoms. The highest BCUT2D eigenvalue weighted by molar-refractivity contribution is 6.21. The van der Waals surface area contributed by atoms with Gasteiger partial charge in [0, 0.05) is 35.4 Å². The van der Waals surface area contributed by atoms with Crippen molar-refractivity contribution in [3.8, 4) is 0 Å². The van der Waals surface area contributed by atoms with Crippen molar-refractivity contribution in [3.05, 3.63) is 87.9 Å². The average molecular weight is 455 g/mol. The molecule has 2 amide bonds. The standard InChI is InChI=1S/C28H30N4O2/c1-17(15-32-19(3)12-18(2)29-32)14-30-21(5)20(4)25-13-22(10-11-26(25)30)16-31-27(33)23-8-6-7-9-24(23)28(31)34/h6-13,17H,14-16H2,1-5H3/t17-/m0/s1. The summed E-state index contributed by atoms with van der Waals surface area (Å²) in [6.07, 6.45) is 0. The summed E-state index contributed by atoms with van der Waals surface area (Å²) in [7, 11) is 0. The van der Waals surface area contributed by atoms with Gasteiger partial charge in [-0.25, -0.2) is 0 Å². The quantitative estimate of drug-likeness (QED) is 0.376. The predicted molar refractivity (Wildman–Crippen MR) is 133 cm³/mol. The summed E-state index contributed by atoms with van der Waals surface area (Å²) in [5, 5.41) is 5.79. The summed E-state index contributed by atoms with van der Waals surface area (Å²) in [6.45, 7) is 12.7. The first-order valence-electron chi connectivity index (χ1n) is 11.8. The van der Waals surface area contributed by atoms with Gasteiger partial charge in [-0.3, -0.25) is 19.2 Å². The average Bonchev–Trinajstić information content (AvgIpc) is 3.35. The van der Waals surface area contributed by atoms with E-state index in [1.807, 2.05) is 13.0 Å². The van der Waals surface area contributed by atoms with Gasteiger partial charge in [0.2, 0.25) is 0 Å². The Kier molecular flexibility index (Phi) is 5.39. The van der Waals surface area contributed by atoms with E-state index in [1.165, 1.54) is 32.8 Å². The zero-order chi connectivity index (χ0) is 24.1. The molecular weight excluding hydrogens is 424 g/mol. The molecule has 0 fully saturated rings. The summed E-state index contributed by atoms with van der Waals surface area (Å²) in [6, 6.07) is 15.4. The Hall–Kier alpha value is -3.67. The van der Waals surface area contributed by atoms with Gasteiger partial charge in [-0.05, 0) is 75.1 Å². The summed E-state index contributed by atoms with van der Waals surface area (Å²) in [4.78, 5) is 26.9. The van der Waals surface area contributed by atoms with Crippen LogP contribution in [0.4, 0.5) is 0 Å². The van der Waals surface area contributed by atoms with E-state index in [1.54, 1.807) is 24.3 Å². The fourth-order valence-electron chi connectivity index (χ4n) is 5.12. The summed E-state index contributed by atoms with van der Waals surface area (Å²) in [5.74, 6) is -0.0296. The van der Waals surface area contributed by atoms with Gasteiger partial charge >= 0.3 is 0 Å². The first kappa shape index (κ1) is 22.1. The van der Waals surface area contributed by atoms with E-state index in [9.17, 15) is 9.59 Å². The molecule has 0 bridgehead atoms. The van der Waals surface area contributed by atoms with E-state index >= 15 is 0 Å². The van der Waals surface area contributed by atoms with Gasteiger partial charge < -0.3 is 4.57 Å². The molecule has 0 saturated carbocycles. The Balaban J connectivity index is 1.40. The molecule has 5 rings (SSSR count). The normalized spacial score (nSPS) is 14.3. The van der Waals surface area contributed by atoms with Gasteiger partial charge in [-0.2, -0.15) is 5.10 Å². The third-order valence-electron chi connectivity index (χ3n) is 7.00. The molecule has 2 aromatic carbocycles. The monoisotopic (exact) mass is 454 g/mol. The second-order valence-electron chi connectivity index (χ2n) is 9.63. The number of carbonyl (C=O) groups is 2. The number of imide groups is 1. The minimum absolute atomic E-state index is 0.218. The van der Waals surface area contributed by atoms with Crippen molar-refractivity contribution in [3.63, 3.8) is 0 Å². The highest BCUT2D eigenvalue weighted by Gasteiger charge is 2.35. The van der Waals surface area contributed by atoms with Crippen LogP contribution >= 0.6 is 0 Å². The van der Waals surface area contributed by atoms with Gasteiger partial charge in [0.05, 0.1) is 23.4 Å². The Morgan fingerprint density at radius 3 is 2.18 bits per heavy atom. The first-order valence-corrected chi connectivity index (χ1v) is 11.8. The highest BCUT2D eigenvalue weighted by Crippen LogP contribution is 2.30. The molecule has 0 unspecified atom stereocenters. The lowest BCUT2D eigenvalue weighted by molar-refractivity contribution is 0.0642. The molecule has 0 saturated heterocycles. The molecule has 6 heteroatoms. The van der Waals surface area contributed by atoms with Gasteiger partial charge in [-0.15, -0.1) is 0 Å². The maximum atomic E-state index is 12.8. The summed E-state index contributed by atoms with van der Waals surface area (Å²) in [5.41, 5.74) is 7.83. The molecule has 1 atom stereocenters. The van der Waals surface area contributed by atoms with Crippen LogP contribution < -0.4 is 0 Å². The Bertz CT molecular complexity index is 1410. The molecule has 0 aliphatic carbocycles. The van der Waals surface area contributed by atoms with E-state index in [0.29, 0.717) is 17.0 Å². The fourth-order valence-corrected chi connectivity index (χ4v) is 5.12. The number of hydrogen-bond acceptors (Lipinski definition) is 3. The first-order chi connectivity index (χ1) is 16.2. The van der Waals surface area contributed by atoms with Crippen LogP contribution in [0.5, 0.6) is 0 Å². The van der Waals surface area contributed by atoms with Crippen molar-refractivity contribution in [2.45, 2.75) is 54.3 Å². The van der Waals surface area contributed by atoms with Crippen LogP contribution in [-0.4, -0.2) is 31.1 Å². The third kappa shape index (κ3) is 3.63. The van der Waals surface area contributed by atoms with Crippen molar-refractivity contribution < 1.29 is 9.59 Å². The van der Waals surface area contributed by atoms with Crippen LogP contribution in [0, 0.1) is 33.6 Å². The van der Waals surface area contributed by atoms with Crippen molar-refractivity contribution in [1.29, 1.82) is 0 Å². The lowest BCUT2D eigenvalue weighted by Crippen LogP contribution is -2.29. The summed E-state index contributed by atoms with van der Waals surface area (Å²) < 4.78 is 4.47. The lowest BCUT2D eigenvalue weighted by atomic mass is 10.1. The lowest BCUT2D eigenvalue weighted by Gasteiger charge is -2.17. The fraction of sp³-hybridized carbons (Fsp3) is 0.321. The third-order valence-corrected chi connectivity index (χ3v) is 7.00. The highest BCUT2D eigenvalue weighted by atomic mass is 16.2. The molecule has 2 aromatic heterocycles. The smallest absolute Gasteiger partial charge is 0.261 e. The Labute approximate surface area is 199 Å². The number of fused-ring (bicyclic) bond motifs is 2. The SMILES string of the molecule is Cc1cc(C)n(C[C@@H](C)Cn2c(C)c(C)c3cc(CN4C(=O)c5ccccc5C4=O)ccc32)n1. The van der Waals surface area contributed by atoms with E-state index < -0.39 is 0 Å². The molecule has 174 valence electrons. The number of aromatic nitrogens is 3. The van der Waals surface area contributed by atoms with Crippen LogP contribution in [0.2, 0.25) is 0 Å². The minimum Gasteiger partial charge on any atom is -0.344 e. The summed E-state index contributed by atoms with van der Waals surface area (Å²) >= 11 is 0. The molecule has 1 aliphatic rings. The topological polar surface area (TPSA) is 60.1 Å². The largest absolute Gasteiger partial charge is 0.344 e. The number of carbonyl (C=O) groups excluding carboxylic acids is 2. The molecule has 4 aromatic rings. The predicted octanol–water partition coefficient (Wildman–Crippen LogP) is 5.20. The number of amides is 2. The van der Waals surface area contributed by atoms with Crippen molar-refractivity contribution in [2.75, 3.05) is 0 Å².